The quantitative estimate of drug-likeness (QED) is 0.462. The lowest BCUT2D eigenvalue weighted by Crippen LogP contribution is -2.02. The van der Waals surface area contributed by atoms with E-state index < -0.39 is 15.0 Å². The minimum absolute atomic E-state index is 0.0325. The molecule has 1 heterocycles. The summed E-state index contributed by atoms with van der Waals surface area (Å²) in [5.41, 5.74) is 0.394. The van der Waals surface area contributed by atoms with Gasteiger partial charge >= 0.3 is 5.97 Å². The van der Waals surface area contributed by atoms with Crippen molar-refractivity contribution in [2.24, 2.45) is 0 Å². The van der Waals surface area contributed by atoms with Crippen LogP contribution in [0.25, 0.3) is 0 Å². The first-order chi connectivity index (χ1) is 4.97. The fourth-order valence-electron chi connectivity index (χ4n) is 0.719. The van der Waals surface area contributed by atoms with Gasteiger partial charge in [-0.2, -0.15) is 0 Å². The molecule has 0 fully saturated rings. The average molecular weight is 197 g/mol. The maximum absolute atomic E-state index is 10.5. The molecule has 1 aliphatic heterocycles. The van der Waals surface area contributed by atoms with E-state index in [0.717, 1.165) is 6.08 Å². The van der Waals surface area contributed by atoms with Crippen molar-refractivity contribution < 1.29 is 17.9 Å². The number of ether oxygens (including phenoxy) is 1. The molecule has 0 bridgehead atoms. The van der Waals surface area contributed by atoms with Crippen LogP contribution in [0.15, 0.2) is 11.6 Å². The summed E-state index contributed by atoms with van der Waals surface area (Å²) in [5.74, 6) is -0.833. The minimum atomic E-state index is -3.56. The number of cyclic esters (lactones) is 1. The standard InChI is InChI=1S/C5H5ClO4S/c6-11(8,9)3-4-1-5(7)10-2-4/h1H,2-3H2. The number of carbonyl (C=O) groups is 1. The molecule has 62 valence electrons. The van der Waals surface area contributed by atoms with Gasteiger partial charge in [-0.1, -0.05) is 0 Å². The molecule has 6 heteroatoms. The molecule has 0 radical (unpaired) electrons. The van der Waals surface area contributed by atoms with E-state index in [1.54, 1.807) is 0 Å². The summed E-state index contributed by atoms with van der Waals surface area (Å²) < 4.78 is 25.4. The van der Waals surface area contributed by atoms with Crippen molar-refractivity contribution in [2.75, 3.05) is 12.4 Å². The second-order valence-corrected chi connectivity index (χ2v) is 4.87. The minimum Gasteiger partial charge on any atom is -0.458 e. The summed E-state index contributed by atoms with van der Waals surface area (Å²) in [6.45, 7) is 0.0325. The molecule has 11 heavy (non-hydrogen) atoms. The Bertz CT molecular complexity index is 302. The largest absolute Gasteiger partial charge is 0.458 e. The molecule has 0 unspecified atom stereocenters. The van der Waals surface area contributed by atoms with Crippen molar-refractivity contribution >= 4 is 25.7 Å². The van der Waals surface area contributed by atoms with Gasteiger partial charge in [-0.25, -0.2) is 13.2 Å². The van der Waals surface area contributed by atoms with Crippen LogP contribution < -0.4 is 0 Å². The number of rotatable bonds is 2. The predicted molar refractivity (Wildman–Crippen MR) is 38.7 cm³/mol. The smallest absolute Gasteiger partial charge is 0.331 e. The third kappa shape index (κ3) is 2.90. The molecule has 0 saturated heterocycles. The van der Waals surface area contributed by atoms with Crippen molar-refractivity contribution in [1.82, 2.24) is 0 Å². The molecule has 1 aliphatic rings. The molecule has 0 N–H and O–H groups in total. The van der Waals surface area contributed by atoms with Gasteiger partial charge in [0.15, 0.2) is 0 Å². The van der Waals surface area contributed by atoms with E-state index in [9.17, 15) is 13.2 Å². The maximum atomic E-state index is 10.5. The van der Waals surface area contributed by atoms with E-state index in [4.69, 9.17) is 10.7 Å². The Morgan fingerprint density at radius 1 is 1.64 bits per heavy atom. The Labute approximate surface area is 68.2 Å². The van der Waals surface area contributed by atoms with Gasteiger partial charge in [-0.3, -0.25) is 0 Å². The van der Waals surface area contributed by atoms with E-state index in [-0.39, 0.29) is 12.4 Å². The highest BCUT2D eigenvalue weighted by Crippen LogP contribution is 2.10. The highest BCUT2D eigenvalue weighted by molar-refractivity contribution is 8.13. The lowest BCUT2D eigenvalue weighted by molar-refractivity contribution is -0.134. The van der Waals surface area contributed by atoms with E-state index in [1.807, 2.05) is 0 Å². The lowest BCUT2D eigenvalue weighted by Gasteiger charge is -1.94. The molecule has 0 aromatic rings. The predicted octanol–water partition coefficient (Wildman–Crippen LogP) is 0.0382. The van der Waals surface area contributed by atoms with Gasteiger partial charge in [0.25, 0.3) is 0 Å². The fourth-order valence-corrected chi connectivity index (χ4v) is 1.75. The first-order valence-corrected chi connectivity index (χ1v) is 5.24. The molecule has 1 rings (SSSR count). The van der Waals surface area contributed by atoms with Gasteiger partial charge in [-0.15, -0.1) is 0 Å². The summed E-state index contributed by atoms with van der Waals surface area (Å²) in [4.78, 5) is 10.4. The van der Waals surface area contributed by atoms with Crippen molar-refractivity contribution in [3.05, 3.63) is 11.6 Å². The molecular weight excluding hydrogens is 192 g/mol. The number of esters is 1. The van der Waals surface area contributed by atoms with Crippen LogP contribution in [-0.2, 0) is 18.6 Å². The molecule has 0 atom stereocenters. The third-order valence-electron chi connectivity index (χ3n) is 1.08. The van der Waals surface area contributed by atoms with Crippen molar-refractivity contribution in [3.8, 4) is 0 Å². The molecule has 0 aliphatic carbocycles. The Hall–Kier alpha value is -0.550. The molecule has 0 spiro atoms. The van der Waals surface area contributed by atoms with Crippen LogP contribution in [0.1, 0.15) is 0 Å². The fraction of sp³-hybridized carbons (Fsp3) is 0.400. The zero-order valence-electron chi connectivity index (χ0n) is 5.41. The second kappa shape index (κ2) is 2.83. The second-order valence-electron chi connectivity index (χ2n) is 2.09. The molecule has 0 amide bonds. The number of hydrogen-bond donors (Lipinski definition) is 0. The van der Waals surface area contributed by atoms with E-state index in [2.05, 4.69) is 4.74 Å². The molecule has 0 saturated carbocycles. The molecule has 4 nitrogen and oxygen atoms in total. The molecular formula is C5H5ClO4S. The SMILES string of the molecule is O=C1C=C(CS(=O)(=O)Cl)CO1. The Balaban J connectivity index is 2.66. The first kappa shape index (κ1) is 8.55. The van der Waals surface area contributed by atoms with Gasteiger partial charge < -0.3 is 4.74 Å². The van der Waals surface area contributed by atoms with Gasteiger partial charge in [-0.05, 0) is 5.57 Å². The van der Waals surface area contributed by atoms with Crippen molar-refractivity contribution in [1.29, 1.82) is 0 Å². The van der Waals surface area contributed by atoms with Crippen molar-refractivity contribution in [3.63, 3.8) is 0 Å². The topological polar surface area (TPSA) is 60.4 Å². The van der Waals surface area contributed by atoms with Crippen LogP contribution in [0.5, 0.6) is 0 Å². The zero-order valence-corrected chi connectivity index (χ0v) is 6.98. The van der Waals surface area contributed by atoms with E-state index in [0.29, 0.717) is 5.57 Å². The normalized spacial score (nSPS) is 17.9. The van der Waals surface area contributed by atoms with E-state index >= 15 is 0 Å². The molecule has 0 aromatic carbocycles. The van der Waals surface area contributed by atoms with Crippen LogP contribution in [-0.4, -0.2) is 26.7 Å². The Morgan fingerprint density at radius 3 is 2.64 bits per heavy atom. The maximum Gasteiger partial charge on any atom is 0.331 e. The first-order valence-electron chi connectivity index (χ1n) is 2.76. The Kier molecular flexibility index (Phi) is 2.20. The highest BCUT2D eigenvalue weighted by atomic mass is 35.7. The summed E-state index contributed by atoms with van der Waals surface area (Å²) >= 11 is 0. The summed E-state index contributed by atoms with van der Waals surface area (Å²) in [6, 6.07) is 0. The number of halogens is 1. The van der Waals surface area contributed by atoms with Crippen LogP contribution in [0, 0.1) is 0 Å². The number of carbonyl (C=O) groups excluding carboxylic acids is 1. The van der Waals surface area contributed by atoms with Crippen LogP contribution in [0.2, 0.25) is 0 Å². The summed E-state index contributed by atoms with van der Waals surface area (Å²) in [5, 5.41) is 0. The van der Waals surface area contributed by atoms with Crippen molar-refractivity contribution in [2.45, 2.75) is 0 Å². The van der Waals surface area contributed by atoms with Gasteiger partial charge in [0.2, 0.25) is 9.05 Å². The van der Waals surface area contributed by atoms with Crippen LogP contribution in [0.4, 0.5) is 0 Å². The average Bonchev–Trinajstić information content (AvgIpc) is 2.10. The summed E-state index contributed by atoms with van der Waals surface area (Å²) in [6.07, 6.45) is 1.14. The Morgan fingerprint density at radius 2 is 2.27 bits per heavy atom. The van der Waals surface area contributed by atoms with Gasteiger partial charge in [0.05, 0.1) is 5.75 Å². The molecule has 0 aromatic heterocycles. The lowest BCUT2D eigenvalue weighted by atomic mass is 10.3. The third-order valence-corrected chi connectivity index (χ3v) is 2.12. The van der Waals surface area contributed by atoms with E-state index in [1.165, 1.54) is 0 Å². The van der Waals surface area contributed by atoms with Gasteiger partial charge in [0.1, 0.15) is 6.61 Å². The van der Waals surface area contributed by atoms with Gasteiger partial charge in [0, 0.05) is 16.8 Å². The number of hydrogen-bond acceptors (Lipinski definition) is 4. The summed E-state index contributed by atoms with van der Waals surface area (Å²) in [7, 11) is 1.37. The monoisotopic (exact) mass is 196 g/mol. The van der Waals surface area contributed by atoms with Crippen LogP contribution in [0.3, 0.4) is 0 Å². The highest BCUT2D eigenvalue weighted by Gasteiger charge is 2.17. The zero-order chi connectivity index (χ0) is 8.48. The van der Waals surface area contributed by atoms with Crippen LogP contribution >= 0.6 is 10.7 Å².